The van der Waals surface area contributed by atoms with Crippen LogP contribution in [0.3, 0.4) is 0 Å². The molecule has 0 saturated carbocycles. The van der Waals surface area contributed by atoms with Crippen molar-refractivity contribution < 1.29 is 13.2 Å². The van der Waals surface area contributed by atoms with E-state index in [0.717, 1.165) is 6.26 Å². The van der Waals surface area contributed by atoms with Crippen molar-refractivity contribution in [2.24, 2.45) is 0 Å². The van der Waals surface area contributed by atoms with E-state index >= 15 is 0 Å². The molecule has 6 nitrogen and oxygen atoms in total. The van der Waals surface area contributed by atoms with Crippen LogP contribution >= 0.6 is 0 Å². The van der Waals surface area contributed by atoms with Crippen molar-refractivity contribution >= 4 is 15.8 Å². The highest BCUT2D eigenvalue weighted by Crippen LogP contribution is 2.26. The number of sulfone groups is 1. The monoisotopic (exact) mass is 279 g/mol. The summed E-state index contributed by atoms with van der Waals surface area (Å²) < 4.78 is 28.5. The number of nitrogen functional groups attached to an aromatic ring is 1. The van der Waals surface area contributed by atoms with E-state index in [1.165, 1.54) is 6.20 Å². The molecule has 2 rings (SSSR count). The number of benzene rings is 1. The van der Waals surface area contributed by atoms with Gasteiger partial charge in [0.25, 0.3) is 0 Å². The Morgan fingerprint density at radius 1 is 1.21 bits per heavy atom. The lowest BCUT2D eigenvalue weighted by Gasteiger charge is -2.08. The number of anilines is 1. The Morgan fingerprint density at radius 3 is 2.37 bits per heavy atom. The zero-order valence-electron chi connectivity index (χ0n) is 10.5. The second kappa shape index (κ2) is 4.85. The quantitative estimate of drug-likeness (QED) is 0.905. The minimum atomic E-state index is -3.43. The van der Waals surface area contributed by atoms with Crippen LogP contribution in [0.15, 0.2) is 35.4 Å². The minimum absolute atomic E-state index is 0.0261. The lowest BCUT2D eigenvalue weighted by molar-refractivity contribution is 0.415. The highest BCUT2D eigenvalue weighted by Gasteiger charge is 2.17. The van der Waals surface area contributed by atoms with Gasteiger partial charge >= 0.3 is 0 Å². The molecule has 0 unspecified atom stereocenters. The van der Waals surface area contributed by atoms with Crippen LogP contribution < -0.4 is 10.5 Å². The Balaban J connectivity index is 2.63. The standard InChI is InChI=1S/C12H13N3O3S/c1-18-9-5-3-8(4-6-9)11-10(19(2,16)17)7-14-12(13)15-11/h3-7H,1-2H3,(H2,13,14,15). The van der Waals surface area contributed by atoms with Crippen molar-refractivity contribution in [2.45, 2.75) is 4.90 Å². The molecule has 7 heteroatoms. The van der Waals surface area contributed by atoms with Crippen LogP contribution in [0.2, 0.25) is 0 Å². The summed E-state index contributed by atoms with van der Waals surface area (Å²) in [4.78, 5) is 7.79. The molecule has 0 aliphatic rings. The van der Waals surface area contributed by atoms with Gasteiger partial charge in [0.2, 0.25) is 5.95 Å². The molecule has 0 aliphatic heterocycles. The van der Waals surface area contributed by atoms with Crippen LogP contribution in [-0.2, 0) is 9.84 Å². The number of hydrogen-bond acceptors (Lipinski definition) is 6. The van der Waals surface area contributed by atoms with E-state index in [1.807, 2.05) is 0 Å². The van der Waals surface area contributed by atoms with E-state index < -0.39 is 9.84 Å². The van der Waals surface area contributed by atoms with Crippen LogP contribution in [0, 0.1) is 0 Å². The molecular formula is C12H13N3O3S. The van der Waals surface area contributed by atoms with Crippen LogP contribution in [0.5, 0.6) is 5.75 Å². The first-order chi connectivity index (χ1) is 8.91. The van der Waals surface area contributed by atoms with Gasteiger partial charge in [-0.3, -0.25) is 0 Å². The summed E-state index contributed by atoms with van der Waals surface area (Å²) in [6.45, 7) is 0. The summed E-state index contributed by atoms with van der Waals surface area (Å²) in [6.07, 6.45) is 2.33. The van der Waals surface area contributed by atoms with E-state index in [2.05, 4.69) is 9.97 Å². The van der Waals surface area contributed by atoms with Crippen molar-refractivity contribution in [3.63, 3.8) is 0 Å². The average Bonchev–Trinajstić information content (AvgIpc) is 2.37. The molecule has 0 radical (unpaired) electrons. The van der Waals surface area contributed by atoms with Crippen LogP contribution in [-0.4, -0.2) is 31.8 Å². The van der Waals surface area contributed by atoms with Gasteiger partial charge in [0.1, 0.15) is 10.6 Å². The maximum absolute atomic E-state index is 11.7. The Bertz CT molecular complexity index is 697. The molecule has 2 N–H and O–H groups in total. The lowest BCUT2D eigenvalue weighted by Crippen LogP contribution is -2.05. The molecule has 0 atom stereocenters. The fourth-order valence-electron chi connectivity index (χ4n) is 1.61. The predicted molar refractivity (Wildman–Crippen MR) is 71.5 cm³/mol. The van der Waals surface area contributed by atoms with Gasteiger partial charge in [-0.15, -0.1) is 0 Å². The highest BCUT2D eigenvalue weighted by molar-refractivity contribution is 7.90. The van der Waals surface area contributed by atoms with Gasteiger partial charge in [-0.05, 0) is 24.3 Å². The third-order valence-electron chi connectivity index (χ3n) is 2.54. The Hall–Kier alpha value is -2.15. The maximum atomic E-state index is 11.7. The number of nitrogens with zero attached hydrogens (tertiary/aromatic N) is 2. The first kappa shape index (κ1) is 13.3. The minimum Gasteiger partial charge on any atom is -0.497 e. The van der Waals surface area contributed by atoms with Crippen LogP contribution in [0.4, 0.5) is 5.95 Å². The molecule has 0 aliphatic carbocycles. The number of nitrogens with two attached hydrogens (primary N) is 1. The second-order valence-electron chi connectivity index (χ2n) is 3.94. The summed E-state index contributed by atoms with van der Waals surface area (Å²) in [7, 11) is -1.87. The van der Waals surface area contributed by atoms with Crippen LogP contribution in [0.1, 0.15) is 0 Å². The smallest absolute Gasteiger partial charge is 0.220 e. The van der Waals surface area contributed by atoms with Crippen LogP contribution in [0.25, 0.3) is 11.3 Å². The zero-order valence-corrected chi connectivity index (χ0v) is 11.3. The third kappa shape index (κ3) is 2.82. The largest absolute Gasteiger partial charge is 0.497 e. The van der Waals surface area contributed by atoms with E-state index in [1.54, 1.807) is 31.4 Å². The van der Waals surface area contributed by atoms with Gasteiger partial charge in [-0.25, -0.2) is 18.4 Å². The molecule has 2 aromatic rings. The van der Waals surface area contributed by atoms with Gasteiger partial charge in [0, 0.05) is 11.8 Å². The predicted octanol–water partition coefficient (Wildman–Crippen LogP) is 1.14. The second-order valence-corrected chi connectivity index (χ2v) is 5.93. The van der Waals surface area contributed by atoms with Crippen molar-refractivity contribution in [3.05, 3.63) is 30.5 Å². The number of rotatable bonds is 3. The van der Waals surface area contributed by atoms with E-state index in [0.29, 0.717) is 11.3 Å². The van der Waals surface area contributed by atoms with Gasteiger partial charge in [-0.1, -0.05) is 0 Å². The number of ether oxygens (including phenoxy) is 1. The topological polar surface area (TPSA) is 95.2 Å². The average molecular weight is 279 g/mol. The Morgan fingerprint density at radius 2 is 1.84 bits per heavy atom. The molecule has 0 bridgehead atoms. The zero-order chi connectivity index (χ0) is 14.0. The number of hydrogen-bond donors (Lipinski definition) is 1. The molecule has 19 heavy (non-hydrogen) atoms. The summed E-state index contributed by atoms with van der Waals surface area (Å²) in [6, 6.07) is 6.88. The fourth-order valence-corrected chi connectivity index (χ4v) is 2.37. The molecule has 1 aromatic carbocycles. The van der Waals surface area contributed by atoms with Gasteiger partial charge in [0.15, 0.2) is 9.84 Å². The first-order valence-corrected chi connectivity index (χ1v) is 7.28. The molecule has 100 valence electrons. The fraction of sp³-hybridized carbons (Fsp3) is 0.167. The molecular weight excluding hydrogens is 266 g/mol. The maximum Gasteiger partial charge on any atom is 0.220 e. The molecule has 1 heterocycles. The lowest BCUT2D eigenvalue weighted by atomic mass is 10.1. The Labute approximate surface area is 111 Å². The van der Waals surface area contributed by atoms with Crippen molar-refractivity contribution in [2.75, 3.05) is 19.1 Å². The summed E-state index contributed by atoms with van der Waals surface area (Å²) in [5, 5.41) is 0. The SMILES string of the molecule is COc1ccc(-c2nc(N)ncc2S(C)(=O)=O)cc1. The number of aromatic nitrogens is 2. The van der Waals surface area contributed by atoms with Crippen molar-refractivity contribution in [3.8, 4) is 17.0 Å². The van der Waals surface area contributed by atoms with Crippen molar-refractivity contribution in [1.82, 2.24) is 9.97 Å². The van der Waals surface area contributed by atoms with Gasteiger partial charge < -0.3 is 10.5 Å². The van der Waals surface area contributed by atoms with Crippen molar-refractivity contribution in [1.29, 1.82) is 0 Å². The highest BCUT2D eigenvalue weighted by atomic mass is 32.2. The third-order valence-corrected chi connectivity index (χ3v) is 3.63. The summed E-state index contributed by atoms with van der Waals surface area (Å²) in [5.41, 5.74) is 6.45. The van der Waals surface area contributed by atoms with Gasteiger partial charge in [-0.2, -0.15) is 0 Å². The molecule has 0 saturated heterocycles. The normalized spacial score (nSPS) is 11.3. The molecule has 0 fully saturated rings. The van der Waals surface area contributed by atoms with E-state index in [4.69, 9.17) is 10.5 Å². The van der Waals surface area contributed by atoms with E-state index in [-0.39, 0.29) is 16.5 Å². The number of methoxy groups -OCH3 is 1. The molecule has 1 aromatic heterocycles. The summed E-state index contributed by atoms with van der Waals surface area (Å²) in [5.74, 6) is 0.699. The van der Waals surface area contributed by atoms with Gasteiger partial charge in [0.05, 0.1) is 19.0 Å². The van der Waals surface area contributed by atoms with E-state index in [9.17, 15) is 8.42 Å². The molecule has 0 spiro atoms. The first-order valence-electron chi connectivity index (χ1n) is 5.39. The molecule has 0 amide bonds. The summed E-state index contributed by atoms with van der Waals surface area (Å²) >= 11 is 0. The Kier molecular flexibility index (Phi) is 3.39.